The molecule has 0 amide bonds. The Morgan fingerprint density at radius 3 is 2.62 bits per heavy atom. The lowest BCUT2D eigenvalue weighted by molar-refractivity contribution is 0.360. The molecule has 0 fully saturated rings. The Labute approximate surface area is 97.0 Å². The van der Waals surface area contributed by atoms with Crippen LogP contribution in [0.4, 0.5) is 4.39 Å². The molecule has 7 heteroatoms. The number of halogens is 2. The van der Waals surface area contributed by atoms with Crippen LogP contribution in [0.15, 0.2) is 12.1 Å². The third-order valence-corrected chi connectivity index (χ3v) is 3.13. The van der Waals surface area contributed by atoms with Crippen LogP contribution < -0.4 is 4.74 Å². The highest BCUT2D eigenvalue weighted by atomic mass is 35.7. The Morgan fingerprint density at radius 1 is 1.50 bits per heavy atom. The van der Waals surface area contributed by atoms with E-state index in [1.807, 2.05) is 0 Å². The standard InChI is InChI=1S/C9H10ClFO4S/c1-15-9-6(4-5-16(10,13)14)2-3-7(12)8(9)11/h2-3,12H,4-5H2,1H3. The number of benzene rings is 1. The maximum Gasteiger partial charge on any atom is 0.232 e. The Morgan fingerprint density at radius 2 is 2.12 bits per heavy atom. The first kappa shape index (κ1) is 13.1. The molecule has 0 saturated carbocycles. The first-order valence-corrected chi connectivity index (χ1v) is 6.79. The van der Waals surface area contributed by atoms with Crippen LogP contribution in [0.5, 0.6) is 11.5 Å². The van der Waals surface area contributed by atoms with Crippen LogP contribution in [0.3, 0.4) is 0 Å². The van der Waals surface area contributed by atoms with Crippen molar-refractivity contribution in [3.05, 3.63) is 23.5 Å². The highest BCUT2D eigenvalue weighted by Crippen LogP contribution is 2.30. The van der Waals surface area contributed by atoms with Gasteiger partial charge in [0.1, 0.15) is 0 Å². The highest BCUT2D eigenvalue weighted by Gasteiger charge is 2.15. The number of phenols is 1. The molecular formula is C9H10ClFO4S. The van der Waals surface area contributed by atoms with Crippen molar-refractivity contribution < 1.29 is 22.7 Å². The Bertz CT molecular complexity index is 487. The minimum absolute atomic E-state index is 0.0200. The summed E-state index contributed by atoms with van der Waals surface area (Å²) in [7, 11) is 2.63. The number of phenolic OH excluding ortho intramolecular Hbond substituents is 1. The third kappa shape index (κ3) is 3.24. The van der Waals surface area contributed by atoms with Gasteiger partial charge in [-0.15, -0.1) is 0 Å². The van der Waals surface area contributed by atoms with E-state index >= 15 is 0 Å². The van der Waals surface area contributed by atoms with Crippen LogP contribution >= 0.6 is 10.7 Å². The highest BCUT2D eigenvalue weighted by molar-refractivity contribution is 8.13. The van der Waals surface area contributed by atoms with Crippen LogP contribution in [-0.4, -0.2) is 26.4 Å². The summed E-state index contributed by atoms with van der Waals surface area (Å²) in [5.41, 5.74) is 0.335. The van der Waals surface area contributed by atoms with Crippen molar-refractivity contribution in [1.29, 1.82) is 0 Å². The molecule has 0 radical (unpaired) electrons. The van der Waals surface area contributed by atoms with Gasteiger partial charge in [0.2, 0.25) is 14.9 Å². The molecule has 0 atom stereocenters. The van der Waals surface area contributed by atoms with Crippen molar-refractivity contribution in [2.24, 2.45) is 0 Å². The molecule has 0 aliphatic heterocycles. The second-order valence-electron chi connectivity index (χ2n) is 3.08. The number of methoxy groups -OCH3 is 1. The maximum atomic E-state index is 13.3. The van der Waals surface area contributed by atoms with E-state index in [9.17, 15) is 12.8 Å². The summed E-state index contributed by atoms with van der Waals surface area (Å²) in [5, 5.41) is 9.08. The van der Waals surface area contributed by atoms with Gasteiger partial charge in [-0.05, 0) is 18.1 Å². The average Bonchev–Trinajstić information content (AvgIpc) is 2.18. The number of hydrogen-bond donors (Lipinski definition) is 1. The third-order valence-electron chi connectivity index (χ3n) is 1.98. The Hall–Kier alpha value is -1.01. The second kappa shape index (κ2) is 4.88. The largest absolute Gasteiger partial charge is 0.505 e. The summed E-state index contributed by atoms with van der Waals surface area (Å²) in [4.78, 5) is 0. The lowest BCUT2D eigenvalue weighted by Crippen LogP contribution is -2.03. The van der Waals surface area contributed by atoms with Gasteiger partial charge >= 0.3 is 0 Å². The van der Waals surface area contributed by atoms with Crippen molar-refractivity contribution in [2.75, 3.05) is 12.9 Å². The van der Waals surface area contributed by atoms with Crippen molar-refractivity contribution in [3.63, 3.8) is 0 Å². The molecule has 1 aromatic carbocycles. The van der Waals surface area contributed by atoms with Crippen LogP contribution in [0.2, 0.25) is 0 Å². The van der Waals surface area contributed by atoms with E-state index < -0.39 is 20.6 Å². The molecule has 0 aromatic heterocycles. The summed E-state index contributed by atoms with van der Waals surface area (Å²) >= 11 is 0. The van der Waals surface area contributed by atoms with E-state index in [2.05, 4.69) is 0 Å². The molecule has 16 heavy (non-hydrogen) atoms. The Balaban J connectivity index is 3.01. The SMILES string of the molecule is COc1c(CCS(=O)(=O)Cl)ccc(O)c1F. The van der Waals surface area contributed by atoms with Gasteiger partial charge in [0.05, 0.1) is 12.9 Å². The number of ether oxygens (including phenoxy) is 1. The molecule has 90 valence electrons. The van der Waals surface area contributed by atoms with Crippen molar-refractivity contribution in [2.45, 2.75) is 6.42 Å². The van der Waals surface area contributed by atoms with Crippen LogP contribution in [0, 0.1) is 5.82 Å². The van der Waals surface area contributed by atoms with Gasteiger partial charge in [-0.25, -0.2) is 8.42 Å². The number of aromatic hydroxyl groups is 1. The summed E-state index contributed by atoms with van der Waals surface area (Å²) in [6.07, 6.45) is 0.0200. The fourth-order valence-corrected chi connectivity index (χ4v) is 1.93. The monoisotopic (exact) mass is 268 g/mol. The minimum atomic E-state index is -3.64. The van der Waals surface area contributed by atoms with E-state index in [-0.39, 0.29) is 17.9 Å². The zero-order valence-electron chi connectivity index (χ0n) is 8.41. The van der Waals surface area contributed by atoms with Crippen LogP contribution in [0.25, 0.3) is 0 Å². The minimum Gasteiger partial charge on any atom is -0.505 e. The Kier molecular flexibility index (Phi) is 3.98. The van der Waals surface area contributed by atoms with E-state index in [4.69, 9.17) is 20.5 Å². The second-order valence-corrected chi connectivity index (χ2v) is 5.98. The summed E-state index contributed by atoms with van der Waals surface area (Å²) in [5.74, 6) is -1.95. The fraction of sp³-hybridized carbons (Fsp3) is 0.333. The molecule has 0 bridgehead atoms. The van der Waals surface area contributed by atoms with Gasteiger partial charge in [-0.1, -0.05) is 6.07 Å². The van der Waals surface area contributed by atoms with Gasteiger partial charge in [-0.2, -0.15) is 4.39 Å². The van der Waals surface area contributed by atoms with Crippen molar-refractivity contribution in [1.82, 2.24) is 0 Å². The van der Waals surface area contributed by atoms with Gasteiger partial charge in [0.15, 0.2) is 11.5 Å². The van der Waals surface area contributed by atoms with Gasteiger partial charge in [-0.3, -0.25) is 0 Å². The van der Waals surface area contributed by atoms with Crippen LogP contribution in [-0.2, 0) is 15.5 Å². The van der Waals surface area contributed by atoms with Crippen molar-refractivity contribution >= 4 is 19.7 Å². The molecule has 0 aliphatic rings. The van der Waals surface area contributed by atoms with E-state index in [0.717, 1.165) is 6.07 Å². The molecular weight excluding hydrogens is 259 g/mol. The smallest absolute Gasteiger partial charge is 0.232 e. The normalized spacial score (nSPS) is 11.4. The first-order valence-electron chi connectivity index (χ1n) is 4.32. The van der Waals surface area contributed by atoms with Gasteiger partial charge < -0.3 is 9.84 Å². The van der Waals surface area contributed by atoms with E-state index in [0.29, 0.717) is 5.56 Å². The maximum absolute atomic E-state index is 13.3. The molecule has 0 spiro atoms. The molecule has 1 N–H and O–H groups in total. The van der Waals surface area contributed by atoms with Crippen LogP contribution in [0.1, 0.15) is 5.56 Å². The molecule has 0 heterocycles. The quantitative estimate of drug-likeness (QED) is 0.844. The van der Waals surface area contributed by atoms with E-state index in [1.165, 1.54) is 13.2 Å². The number of aryl methyl sites for hydroxylation is 1. The summed E-state index contributed by atoms with van der Waals surface area (Å²) in [6.45, 7) is 0. The lowest BCUT2D eigenvalue weighted by atomic mass is 10.1. The summed E-state index contributed by atoms with van der Waals surface area (Å²) < 4.78 is 39.5. The first-order chi connectivity index (χ1) is 7.35. The predicted octanol–water partition coefficient (Wildman–Crippen LogP) is 1.65. The zero-order valence-corrected chi connectivity index (χ0v) is 9.98. The zero-order chi connectivity index (χ0) is 12.3. The van der Waals surface area contributed by atoms with Gasteiger partial charge in [0.25, 0.3) is 0 Å². The topological polar surface area (TPSA) is 63.6 Å². The predicted molar refractivity (Wildman–Crippen MR) is 58.0 cm³/mol. The molecule has 1 aromatic rings. The van der Waals surface area contributed by atoms with Gasteiger partial charge in [0, 0.05) is 10.7 Å². The average molecular weight is 269 g/mol. The molecule has 0 saturated heterocycles. The van der Waals surface area contributed by atoms with E-state index in [1.54, 1.807) is 0 Å². The fourth-order valence-electron chi connectivity index (χ4n) is 1.24. The summed E-state index contributed by atoms with van der Waals surface area (Å²) in [6, 6.07) is 2.52. The lowest BCUT2D eigenvalue weighted by Gasteiger charge is -2.09. The number of hydrogen-bond acceptors (Lipinski definition) is 4. The molecule has 1 rings (SSSR count). The molecule has 4 nitrogen and oxygen atoms in total. The molecule has 0 aliphatic carbocycles. The number of rotatable bonds is 4. The molecule has 0 unspecified atom stereocenters. The van der Waals surface area contributed by atoms with Crippen molar-refractivity contribution in [3.8, 4) is 11.5 Å².